The first-order valence-electron chi connectivity index (χ1n) is 7.03. The van der Waals surface area contributed by atoms with Crippen molar-refractivity contribution in [2.75, 3.05) is 0 Å². The van der Waals surface area contributed by atoms with Crippen LogP contribution in [0.5, 0.6) is 5.75 Å². The third kappa shape index (κ3) is 3.21. The van der Waals surface area contributed by atoms with Crippen molar-refractivity contribution in [3.63, 3.8) is 0 Å². The second-order valence-electron chi connectivity index (χ2n) is 4.88. The van der Waals surface area contributed by atoms with Gasteiger partial charge in [0.1, 0.15) is 11.3 Å². The Bertz CT molecular complexity index is 814. The van der Waals surface area contributed by atoms with Crippen LogP contribution < -0.4 is 0 Å². The van der Waals surface area contributed by atoms with E-state index < -0.39 is 12.1 Å². The molecule has 1 aromatic heterocycles. The molecule has 0 saturated carbocycles. The van der Waals surface area contributed by atoms with Crippen LogP contribution in [0.2, 0.25) is 0 Å². The fraction of sp³-hybridized carbons (Fsp3) is 0.118. The van der Waals surface area contributed by atoms with Crippen LogP contribution in [0, 0.1) is 0 Å². The van der Waals surface area contributed by atoms with Crippen LogP contribution in [0.4, 0.5) is 0 Å². The van der Waals surface area contributed by atoms with Crippen molar-refractivity contribution in [3.8, 4) is 17.2 Å². The zero-order chi connectivity index (χ0) is 16.2. The molecule has 0 saturated heterocycles. The zero-order valence-corrected chi connectivity index (χ0v) is 12.3. The first-order chi connectivity index (χ1) is 11.1. The van der Waals surface area contributed by atoms with Crippen molar-refractivity contribution in [3.05, 3.63) is 66.1 Å². The lowest BCUT2D eigenvalue weighted by molar-refractivity contribution is 0.0277. The smallest absolute Gasteiger partial charge is 0.342 e. The van der Waals surface area contributed by atoms with Crippen molar-refractivity contribution >= 4 is 5.97 Å². The lowest BCUT2D eigenvalue weighted by atomic mass is 10.2. The van der Waals surface area contributed by atoms with E-state index in [0.717, 1.165) is 5.56 Å². The molecule has 0 fully saturated rings. The molecule has 1 heterocycles. The van der Waals surface area contributed by atoms with Gasteiger partial charge in [-0.3, -0.25) is 0 Å². The third-order valence-electron chi connectivity index (χ3n) is 3.22. The number of phenols is 1. The normalized spacial score (nSPS) is 11.9. The van der Waals surface area contributed by atoms with Crippen LogP contribution in [-0.2, 0) is 4.74 Å². The molecule has 0 radical (unpaired) electrons. The summed E-state index contributed by atoms with van der Waals surface area (Å²) in [6.45, 7) is 1.63. The molecule has 0 aliphatic heterocycles. The summed E-state index contributed by atoms with van der Waals surface area (Å²) in [6, 6.07) is 15.5. The number of aromatic hydroxyl groups is 1. The maximum atomic E-state index is 12.1. The molecule has 1 N–H and O–H groups in total. The quantitative estimate of drug-likeness (QED) is 0.744. The van der Waals surface area contributed by atoms with Crippen molar-refractivity contribution in [2.45, 2.75) is 13.0 Å². The predicted octanol–water partition coefficient (Wildman–Crippen LogP) is 3.36. The van der Waals surface area contributed by atoms with E-state index in [9.17, 15) is 9.90 Å². The summed E-state index contributed by atoms with van der Waals surface area (Å²) in [6.07, 6.45) is -0.730. The summed E-state index contributed by atoms with van der Waals surface area (Å²) in [5, 5.41) is 17.5. The van der Waals surface area contributed by atoms with Crippen LogP contribution in [0.15, 0.2) is 59.0 Å². The van der Waals surface area contributed by atoms with Gasteiger partial charge in [0.25, 0.3) is 5.89 Å². The number of aromatic nitrogens is 2. The minimum atomic E-state index is -0.730. The van der Waals surface area contributed by atoms with E-state index >= 15 is 0 Å². The number of benzene rings is 2. The number of para-hydroxylation sites is 1. The fourth-order valence-corrected chi connectivity index (χ4v) is 2.02. The second-order valence-corrected chi connectivity index (χ2v) is 4.88. The average molecular weight is 310 g/mol. The standard InChI is InChI=1S/C17H14N2O4/c1-11(22-17(21)13-9-5-6-10-14(13)20)15-18-19-16(23-15)12-7-3-2-4-8-12/h2-11,20H,1H3/t11-/m1/s1. The van der Waals surface area contributed by atoms with E-state index in [0.29, 0.717) is 5.89 Å². The monoisotopic (exact) mass is 310 g/mol. The molecule has 3 aromatic rings. The Labute approximate surface area is 132 Å². The summed E-state index contributed by atoms with van der Waals surface area (Å²) in [7, 11) is 0. The Morgan fingerprint density at radius 2 is 1.78 bits per heavy atom. The number of rotatable bonds is 4. The molecule has 116 valence electrons. The highest BCUT2D eigenvalue weighted by atomic mass is 16.6. The van der Waals surface area contributed by atoms with Gasteiger partial charge in [0.2, 0.25) is 5.89 Å². The van der Waals surface area contributed by atoms with Gasteiger partial charge in [-0.2, -0.15) is 0 Å². The van der Waals surface area contributed by atoms with E-state index in [2.05, 4.69) is 10.2 Å². The van der Waals surface area contributed by atoms with Crippen molar-refractivity contribution in [2.24, 2.45) is 0 Å². The number of hydrogen-bond acceptors (Lipinski definition) is 6. The number of hydrogen-bond donors (Lipinski definition) is 1. The average Bonchev–Trinajstić information content (AvgIpc) is 3.06. The van der Waals surface area contributed by atoms with E-state index in [-0.39, 0.29) is 17.2 Å². The molecular formula is C17H14N2O4. The molecule has 2 aromatic carbocycles. The molecule has 0 spiro atoms. The molecular weight excluding hydrogens is 296 g/mol. The van der Waals surface area contributed by atoms with E-state index in [1.54, 1.807) is 19.1 Å². The highest BCUT2D eigenvalue weighted by Gasteiger charge is 2.21. The number of esters is 1. The maximum absolute atomic E-state index is 12.1. The van der Waals surface area contributed by atoms with Gasteiger partial charge >= 0.3 is 5.97 Å². The summed E-state index contributed by atoms with van der Waals surface area (Å²) in [4.78, 5) is 12.1. The number of nitrogens with zero attached hydrogens (tertiary/aromatic N) is 2. The Balaban J connectivity index is 1.74. The maximum Gasteiger partial charge on any atom is 0.342 e. The fourth-order valence-electron chi connectivity index (χ4n) is 2.02. The van der Waals surface area contributed by atoms with E-state index in [1.807, 2.05) is 30.3 Å². The summed E-state index contributed by atoms with van der Waals surface area (Å²) < 4.78 is 10.8. The minimum Gasteiger partial charge on any atom is -0.507 e. The van der Waals surface area contributed by atoms with Gasteiger partial charge < -0.3 is 14.3 Å². The zero-order valence-electron chi connectivity index (χ0n) is 12.3. The van der Waals surface area contributed by atoms with Crippen LogP contribution in [0.3, 0.4) is 0 Å². The van der Waals surface area contributed by atoms with Crippen molar-refractivity contribution < 1.29 is 19.1 Å². The molecule has 0 amide bonds. The van der Waals surface area contributed by atoms with E-state index in [1.165, 1.54) is 12.1 Å². The molecule has 1 atom stereocenters. The Hall–Kier alpha value is -3.15. The summed E-state index contributed by atoms with van der Waals surface area (Å²) >= 11 is 0. The largest absolute Gasteiger partial charge is 0.507 e. The van der Waals surface area contributed by atoms with E-state index in [4.69, 9.17) is 9.15 Å². The van der Waals surface area contributed by atoms with Gasteiger partial charge in [-0.1, -0.05) is 30.3 Å². The minimum absolute atomic E-state index is 0.0853. The lowest BCUT2D eigenvalue weighted by Gasteiger charge is -2.10. The van der Waals surface area contributed by atoms with Gasteiger partial charge in [-0.15, -0.1) is 10.2 Å². The molecule has 0 aliphatic rings. The molecule has 6 heteroatoms. The SMILES string of the molecule is C[C@@H](OC(=O)c1ccccc1O)c1nnc(-c2ccccc2)o1. The predicted molar refractivity (Wildman–Crippen MR) is 81.7 cm³/mol. The first kappa shape index (κ1) is 14.8. The van der Waals surface area contributed by atoms with Crippen LogP contribution in [0.1, 0.15) is 29.3 Å². The van der Waals surface area contributed by atoms with Gasteiger partial charge in [-0.25, -0.2) is 4.79 Å². The van der Waals surface area contributed by atoms with Crippen LogP contribution in [-0.4, -0.2) is 21.3 Å². The van der Waals surface area contributed by atoms with Gasteiger partial charge in [-0.05, 0) is 31.2 Å². The number of carbonyl (C=O) groups is 1. The molecule has 3 rings (SSSR count). The molecule has 0 aliphatic carbocycles. The van der Waals surface area contributed by atoms with Crippen molar-refractivity contribution in [1.82, 2.24) is 10.2 Å². The molecule has 23 heavy (non-hydrogen) atoms. The van der Waals surface area contributed by atoms with Gasteiger partial charge in [0, 0.05) is 5.56 Å². The summed E-state index contributed by atoms with van der Waals surface area (Å²) in [5.74, 6) is -0.256. The first-order valence-corrected chi connectivity index (χ1v) is 7.03. The lowest BCUT2D eigenvalue weighted by Crippen LogP contribution is -2.09. The van der Waals surface area contributed by atoms with Crippen LogP contribution in [0.25, 0.3) is 11.5 Å². The van der Waals surface area contributed by atoms with Gasteiger partial charge in [0.05, 0.1) is 0 Å². The number of carbonyl (C=O) groups excluding carboxylic acids is 1. The number of ether oxygens (including phenoxy) is 1. The topological polar surface area (TPSA) is 85.5 Å². The highest BCUT2D eigenvalue weighted by Crippen LogP contribution is 2.24. The summed E-state index contributed by atoms with van der Waals surface area (Å²) in [5.41, 5.74) is 0.868. The molecule has 6 nitrogen and oxygen atoms in total. The molecule has 0 unspecified atom stereocenters. The third-order valence-corrected chi connectivity index (χ3v) is 3.22. The Kier molecular flexibility index (Phi) is 4.05. The van der Waals surface area contributed by atoms with Gasteiger partial charge in [0.15, 0.2) is 6.10 Å². The Morgan fingerprint density at radius 3 is 2.52 bits per heavy atom. The molecule has 0 bridgehead atoms. The Morgan fingerprint density at radius 1 is 1.09 bits per heavy atom. The highest BCUT2D eigenvalue weighted by molar-refractivity contribution is 5.92. The number of phenolic OH excluding ortho intramolecular Hbond substituents is 1. The second kappa shape index (κ2) is 6.31. The van der Waals surface area contributed by atoms with Crippen LogP contribution >= 0.6 is 0 Å². The van der Waals surface area contributed by atoms with Crippen molar-refractivity contribution in [1.29, 1.82) is 0 Å².